The number of nitrogens with zero attached hydrogens (tertiary/aromatic N) is 2. The molecule has 4 aliphatic rings. The van der Waals surface area contributed by atoms with E-state index >= 15 is 19.2 Å². The second kappa shape index (κ2) is 22.0. The van der Waals surface area contributed by atoms with Crippen LogP contribution in [0, 0.1) is 23.7 Å². The Morgan fingerprint density at radius 3 is 2.07 bits per heavy atom. The highest BCUT2D eigenvalue weighted by Gasteiger charge is 2.75. The number of ether oxygens (including phenoxy) is 3. The van der Waals surface area contributed by atoms with Crippen molar-refractivity contribution in [2.75, 3.05) is 31.8 Å². The van der Waals surface area contributed by atoms with Gasteiger partial charge in [0.1, 0.15) is 41.6 Å². The number of morpholine rings is 1. The van der Waals surface area contributed by atoms with E-state index in [-0.39, 0.29) is 31.0 Å². The molecule has 15 nitrogen and oxygen atoms in total. The molecule has 5 N–H and O–H groups in total. The Labute approximate surface area is 430 Å². The molecule has 0 aromatic heterocycles. The van der Waals surface area contributed by atoms with Gasteiger partial charge in [-0.05, 0) is 89.8 Å². The van der Waals surface area contributed by atoms with Gasteiger partial charge in [-0.15, -0.1) is 0 Å². The number of hydrogen-bond donors (Lipinski definition) is 5. The van der Waals surface area contributed by atoms with Crippen molar-refractivity contribution in [3.05, 3.63) is 167 Å². The van der Waals surface area contributed by atoms with E-state index in [1.54, 1.807) is 86.6 Å². The molecule has 8 unspecified atom stereocenters. The summed E-state index contributed by atoms with van der Waals surface area (Å²) in [5.41, 5.74) is -0.572. The van der Waals surface area contributed by atoms with Crippen LogP contribution in [0.15, 0.2) is 133 Å². The normalized spacial score (nSPS) is 23.8. The molecule has 8 atom stereocenters. The third-order valence-corrected chi connectivity index (χ3v) is 14.9. The number of cyclic esters (lactones) is 1. The summed E-state index contributed by atoms with van der Waals surface area (Å²) in [5.74, 6) is 1.33. The number of benzene rings is 5. The molecule has 74 heavy (non-hydrogen) atoms. The van der Waals surface area contributed by atoms with Gasteiger partial charge in [-0.3, -0.25) is 19.3 Å². The number of aliphatic hydroxyl groups excluding tert-OH is 2. The van der Waals surface area contributed by atoms with Crippen molar-refractivity contribution in [1.82, 2.24) is 15.5 Å². The maximum absolute atomic E-state index is 16.7. The minimum absolute atomic E-state index is 0.00349. The van der Waals surface area contributed by atoms with E-state index in [2.05, 4.69) is 22.5 Å². The summed E-state index contributed by atoms with van der Waals surface area (Å²) >= 11 is 0. The Hall–Kier alpha value is -7.35. The first kappa shape index (κ1) is 51.5. The number of carbonyl (C=O) groups excluding carboxylic acids is 5. The number of nitrogens with one attached hydrogen (secondary N) is 2. The van der Waals surface area contributed by atoms with Crippen LogP contribution in [0.2, 0.25) is 0 Å². The maximum Gasteiger partial charge on any atom is 0.329 e. The molecule has 4 amide bonds. The number of hydrogen-bond acceptors (Lipinski definition) is 12. The molecule has 5 aromatic carbocycles. The lowest BCUT2D eigenvalue weighted by Gasteiger charge is -2.46. The van der Waals surface area contributed by atoms with Crippen LogP contribution in [-0.4, -0.2) is 94.6 Å². The smallest absolute Gasteiger partial charge is 0.329 e. The van der Waals surface area contributed by atoms with Crippen LogP contribution in [-0.2, 0) is 34.1 Å². The van der Waals surface area contributed by atoms with E-state index in [0.29, 0.717) is 46.4 Å². The Morgan fingerprint density at radius 1 is 0.811 bits per heavy atom. The third-order valence-electron chi connectivity index (χ3n) is 14.9. The van der Waals surface area contributed by atoms with Gasteiger partial charge in [0.2, 0.25) is 11.8 Å². The first-order chi connectivity index (χ1) is 35.8. The fraction of sp³-hybridized carbons (Fsp3) is 0.373. The molecular weight excluding hydrogens is 941 g/mol. The quantitative estimate of drug-likeness (QED) is 0.0464. The minimum atomic E-state index is -2.19. The van der Waals surface area contributed by atoms with Gasteiger partial charge < -0.3 is 40.2 Å². The summed E-state index contributed by atoms with van der Waals surface area (Å²) in [6, 6.07) is 33.1. The van der Waals surface area contributed by atoms with Crippen LogP contribution in [0.5, 0.6) is 5.75 Å². The predicted molar refractivity (Wildman–Crippen MR) is 274 cm³/mol. The Morgan fingerprint density at radius 2 is 1.45 bits per heavy atom. The monoisotopic (exact) mass is 1000 g/mol. The molecule has 0 bridgehead atoms. The van der Waals surface area contributed by atoms with E-state index in [1.807, 2.05) is 65.6 Å². The number of aliphatic hydroxyl groups is 3. The van der Waals surface area contributed by atoms with Crippen molar-refractivity contribution < 1.29 is 53.5 Å². The second-order valence-corrected chi connectivity index (χ2v) is 19.8. The molecule has 0 radical (unpaired) electrons. The van der Waals surface area contributed by atoms with Crippen LogP contribution in [0.25, 0.3) is 0 Å². The van der Waals surface area contributed by atoms with Gasteiger partial charge in [-0.1, -0.05) is 142 Å². The van der Waals surface area contributed by atoms with Crippen molar-refractivity contribution in [2.45, 2.75) is 99.8 Å². The van der Waals surface area contributed by atoms with Crippen molar-refractivity contribution in [2.24, 2.45) is 11.8 Å². The molecule has 2 saturated heterocycles. The van der Waals surface area contributed by atoms with Crippen molar-refractivity contribution in [1.29, 1.82) is 0 Å². The second-order valence-electron chi connectivity index (χ2n) is 19.8. The maximum atomic E-state index is 16.7. The van der Waals surface area contributed by atoms with Gasteiger partial charge in [0, 0.05) is 12.1 Å². The molecule has 3 aliphatic heterocycles. The van der Waals surface area contributed by atoms with Crippen LogP contribution in [0.4, 0.5) is 10.5 Å². The zero-order valence-corrected chi connectivity index (χ0v) is 41.7. The summed E-state index contributed by atoms with van der Waals surface area (Å²) in [6.45, 7) is 2.87. The Bertz CT molecular complexity index is 2900. The first-order valence-electron chi connectivity index (χ1n) is 25.4. The van der Waals surface area contributed by atoms with Gasteiger partial charge in [-0.25, -0.2) is 14.5 Å². The molecule has 1 spiro atoms. The fourth-order valence-corrected chi connectivity index (χ4v) is 11.4. The molecule has 9 rings (SSSR count). The molecular formula is C59H62N4O11. The summed E-state index contributed by atoms with van der Waals surface area (Å²) < 4.78 is 17.5. The van der Waals surface area contributed by atoms with E-state index in [1.165, 1.54) is 7.11 Å². The highest BCUT2D eigenvalue weighted by atomic mass is 16.6. The lowest BCUT2D eigenvalue weighted by Crippen LogP contribution is -2.58. The van der Waals surface area contributed by atoms with E-state index in [9.17, 15) is 20.1 Å². The summed E-state index contributed by atoms with van der Waals surface area (Å²) in [4.78, 5) is 79.4. The van der Waals surface area contributed by atoms with E-state index < -0.39 is 89.0 Å². The third kappa shape index (κ3) is 9.78. The molecule has 15 heteroatoms. The van der Waals surface area contributed by atoms with Crippen LogP contribution in [0.1, 0.15) is 110 Å². The zero-order chi connectivity index (χ0) is 52.1. The van der Waals surface area contributed by atoms with Crippen LogP contribution in [0.3, 0.4) is 0 Å². The minimum Gasteiger partial charge on any atom is -0.491 e. The topological polar surface area (TPSA) is 204 Å². The Kier molecular flexibility index (Phi) is 15.3. The molecule has 3 fully saturated rings. The number of fused-ring (bicyclic) bond motifs is 3. The fourth-order valence-electron chi connectivity index (χ4n) is 11.4. The standard InChI is InChI=1S/C59H62N4O11/c1-37(2)48(54(67)72-3)61-57(70)62-45-28-23-38(29-32-58(71)30-15-4-5-16-31-58)35-44(45)59(56(62)69)47(53(66)60-36-46(65)39-17-9-6-10-18-39)50-55(68)74-51(41-21-13-8-14-22-41)49(40-19-11-7-12-20-40)63(50)52(59)42-24-26-43(27-25-42)73-34-33-64/h6-14,17-28,35,37,46-52,64-65,71H,4-5,15-16,30-31,33-34,36H2,1-3H3,(H,60,66)(H,61,70). The highest BCUT2D eigenvalue weighted by molar-refractivity contribution is 6.25. The van der Waals surface area contributed by atoms with Gasteiger partial charge in [-0.2, -0.15) is 0 Å². The average molecular weight is 1000 g/mol. The molecule has 384 valence electrons. The van der Waals surface area contributed by atoms with Gasteiger partial charge >= 0.3 is 18.0 Å². The highest BCUT2D eigenvalue weighted by Crippen LogP contribution is 2.66. The number of urea groups is 1. The van der Waals surface area contributed by atoms with E-state index in [4.69, 9.17) is 14.2 Å². The zero-order valence-electron chi connectivity index (χ0n) is 41.7. The first-order valence-corrected chi connectivity index (χ1v) is 25.4. The lowest BCUT2D eigenvalue weighted by atomic mass is 9.65. The predicted octanol–water partition coefficient (Wildman–Crippen LogP) is 6.92. The number of methoxy groups -OCH3 is 1. The molecule has 1 aliphatic carbocycles. The van der Waals surface area contributed by atoms with E-state index in [0.717, 1.165) is 30.6 Å². The largest absolute Gasteiger partial charge is 0.491 e. The van der Waals surface area contributed by atoms with Gasteiger partial charge in [0.15, 0.2) is 0 Å². The molecule has 1 saturated carbocycles. The molecule has 3 heterocycles. The average Bonchev–Trinajstić information content (AvgIpc) is 3.76. The number of anilines is 1. The number of imide groups is 1. The van der Waals surface area contributed by atoms with Crippen molar-refractivity contribution in [3.63, 3.8) is 0 Å². The summed E-state index contributed by atoms with van der Waals surface area (Å²) in [6.07, 6.45) is 2.27. The Balaban J connectivity index is 1.33. The summed E-state index contributed by atoms with van der Waals surface area (Å²) in [7, 11) is 1.20. The van der Waals surface area contributed by atoms with Crippen molar-refractivity contribution in [3.8, 4) is 17.6 Å². The number of amides is 4. The number of carbonyl (C=O) groups is 5. The number of rotatable bonds is 13. The SMILES string of the molecule is COC(=O)C(NC(=O)N1C(=O)C2(c3cc(C#CC4(O)CCCCCC4)ccc31)C(C(=O)NCC(O)c1ccccc1)C1C(=O)OC(c3ccccc3)C(c3ccccc3)N1C2c1ccc(OCCO)cc1)C(C)C. The number of esters is 2. The van der Waals surface area contributed by atoms with Gasteiger partial charge in [0.05, 0.1) is 43.5 Å². The lowest BCUT2D eigenvalue weighted by molar-refractivity contribution is -0.178. The van der Waals surface area contributed by atoms with Crippen molar-refractivity contribution >= 4 is 35.5 Å². The van der Waals surface area contributed by atoms with Crippen LogP contribution < -0.4 is 20.3 Å². The van der Waals surface area contributed by atoms with Crippen LogP contribution >= 0.6 is 0 Å². The summed E-state index contributed by atoms with van der Waals surface area (Å²) in [5, 5.41) is 38.6. The molecule has 5 aromatic rings. The van der Waals surface area contributed by atoms with Gasteiger partial charge in [0.25, 0.3) is 0 Å².